The summed E-state index contributed by atoms with van der Waals surface area (Å²) in [7, 11) is 0. The molecule has 20 heavy (non-hydrogen) atoms. The van der Waals surface area contributed by atoms with Crippen molar-refractivity contribution in [3.8, 4) is 6.07 Å². The van der Waals surface area contributed by atoms with Gasteiger partial charge in [-0.25, -0.2) is 9.59 Å². The first-order valence-electron chi connectivity index (χ1n) is 6.23. The second-order valence-electron chi connectivity index (χ2n) is 4.81. The average molecular weight is 275 g/mol. The van der Waals surface area contributed by atoms with Gasteiger partial charge in [-0.05, 0) is 30.5 Å². The van der Waals surface area contributed by atoms with Gasteiger partial charge in [0.1, 0.15) is 6.04 Å². The van der Waals surface area contributed by atoms with Gasteiger partial charge in [0, 0.05) is 5.69 Å². The van der Waals surface area contributed by atoms with Crippen molar-refractivity contribution >= 4 is 17.7 Å². The molecule has 0 saturated heterocycles. The maximum atomic E-state index is 11.7. The van der Waals surface area contributed by atoms with Crippen LogP contribution in [-0.4, -0.2) is 23.1 Å². The standard InChI is InChI=1S/C14H17N3O3/c1-9(2)6-12(13(18)19)17-14(20)16-11-5-3-4-10(7-11)8-15/h3-5,7,9,12H,6H2,1-2H3,(H,18,19)(H2,16,17,20). The first-order chi connectivity index (χ1) is 9.42. The number of rotatable bonds is 5. The lowest BCUT2D eigenvalue weighted by Gasteiger charge is -2.16. The maximum absolute atomic E-state index is 11.7. The molecular formula is C14H17N3O3. The summed E-state index contributed by atoms with van der Waals surface area (Å²) in [6.07, 6.45) is 0.348. The Balaban J connectivity index is 2.66. The molecule has 3 N–H and O–H groups in total. The minimum Gasteiger partial charge on any atom is -0.480 e. The number of urea groups is 1. The molecule has 0 aliphatic heterocycles. The Morgan fingerprint density at radius 2 is 2.10 bits per heavy atom. The first-order valence-corrected chi connectivity index (χ1v) is 6.23. The topological polar surface area (TPSA) is 102 Å². The number of nitriles is 1. The Morgan fingerprint density at radius 1 is 1.40 bits per heavy atom. The van der Waals surface area contributed by atoms with Crippen molar-refractivity contribution in [3.63, 3.8) is 0 Å². The second kappa shape index (κ2) is 7.14. The fourth-order valence-corrected chi connectivity index (χ4v) is 1.68. The highest BCUT2D eigenvalue weighted by atomic mass is 16.4. The molecule has 0 fully saturated rings. The van der Waals surface area contributed by atoms with Crippen LogP contribution in [0.5, 0.6) is 0 Å². The molecule has 0 aliphatic rings. The SMILES string of the molecule is CC(C)CC(NC(=O)Nc1cccc(C#N)c1)C(=O)O. The molecule has 0 saturated carbocycles. The van der Waals surface area contributed by atoms with Crippen LogP contribution in [-0.2, 0) is 4.79 Å². The molecule has 1 atom stereocenters. The number of carbonyl (C=O) groups is 2. The van der Waals surface area contributed by atoms with E-state index in [0.717, 1.165) is 0 Å². The van der Waals surface area contributed by atoms with E-state index in [1.807, 2.05) is 19.9 Å². The third kappa shape index (κ3) is 4.98. The number of nitrogens with zero attached hydrogens (tertiary/aromatic N) is 1. The lowest BCUT2D eigenvalue weighted by molar-refractivity contribution is -0.139. The summed E-state index contributed by atoms with van der Waals surface area (Å²) in [6, 6.07) is 6.80. The highest BCUT2D eigenvalue weighted by Crippen LogP contribution is 2.10. The van der Waals surface area contributed by atoms with Gasteiger partial charge in [-0.15, -0.1) is 0 Å². The normalized spacial score (nSPS) is 11.5. The number of amides is 2. The Bertz CT molecular complexity index is 535. The summed E-state index contributed by atoms with van der Waals surface area (Å²) < 4.78 is 0. The van der Waals surface area contributed by atoms with Gasteiger partial charge in [0.25, 0.3) is 0 Å². The third-order valence-electron chi connectivity index (χ3n) is 2.56. The van der Waals surface area contributed by atoms with Crippen LogP contribution < -0.4 is 10.6 Å². The molecule has 0 bridgehead atoms. The van der Waals surface area contributed by atoms with E-state index in [1.165, 1.54) is 6.07 Å². The largest absolute Gasteiger partial charge is 0.480 e. The molecule has 0 spiro atoms. The van der Waals surface area contributed by atoms with Gasteiger partial charge in [0.15, 0.2) is 0 Å². The summed E-state index contributed by atoms with van der Waals surface area (Å²) in [6.45, 7) is 3.76. The molecule has 1 aromatic rings. The highest BCUT2D eigenvalue weighted by molar-refractivity contribution is 5.92. The van der Waals surface area contributed by atoms with Crippen LogP contribution in [0.25, 0.3) is 0 Å². The number of carboxylic acids is 1. The van der Waals surface area contributed by atoms with Gasteiger partial charge in [-0.3, -0.25) is 0 Å². The average Bonchev–Trinajstić information content (AvgIpc) is 2.37. The third-order valence-corrected chi connectivity index (χ3v) is 2.56. The van der Waals surface area contributed by atoms with E-state index >= 15 is 0 Å². The van der Waals surface area contributed by atoms with Gasteiger partial charge in [-0.1, -0.05) is 19.9 Å². The van der Waals surface area contributed by atoms with Crippen LogP contribution >= 0.6 is 0 Å². The van der Waals surface area contributed by atoms with E-state index in [4.69, 9.17) is 10.4 Å². The van der Waals surface area contributed by atoms with Crippen LogP contribution in [0.3, 0.4) is 0 Å². The van der Waals surface area contributed by atoms with Crippen LogP contribution in [0.4, 0.5) is 10.5 Å². The number of hydrogen-bond acceptors (Lipinski definition) is 3. The molecular weight excluding hydrogens is 258 g/mol. The van der Waals surface area contributed by atoms with E-state index < -0.39 is 18.0 Å². The summed E-state index contributed by atoms with van der Waals surface area (Å²) in [4.78, 5) is 22.8. The van der Waals surface area contributed by atoms with E-state index in [1.54, 1.807) is 18.2 Å². The second-order valence-corrected chi connectivity index (χ2v) is 4.81. The minimum absolute atomic E-state index is 0.151. The van der Waals surface area contributed by atoms with Gasteiger partial charge in [-0.2, -0.15) is 5.26 Å². The van der Waals surface area contributed by atoms with Crippen LogP contribution in [0.2, 0.25) is 0 Å². The molecule has 2 amide bonds. The van der Waals surface area contributed by atoms with Gasteiger partial charge < -0.3 is 15.7 Å². The van der Waals surface area contributed by atoms with E-state index in [0.29, 0.717) is 17.7 Å². The number of benzene rings is 1. The van der Waals surface area contributed by atoms with Crippen molar-refractivity contribution < 1.29 is 14.7 Å². The molecule has 1 rings (SSSR count). The van der Waals surface area contributed by atoms with Crippen LogP contribution in [0, 0.1) is 17.2 Å². The number of aliphatic carboxylic acids is 1. The number of hydrogen-bond donors (Lipinski definition) is 3. The fourth-order valence-electron chi connectivity index (χ4n) is 1.68. The van der Waals surface area contributed by atoms with Crippen LogP contribution in [0.15, 0.2) is 24.3 Å². The molecule has 6 heteroatoms. The smallest absolute Gasteiger partial charge is 0.326 e. The molecule has 0 heterocycles. The Morgan fingerprint density at radius 3 is 2.65 bits per heavy atom. The number of carbonyl (C=O) groups excluding carboxylic acids is 1. The fraction of sp³-hybridized carbons (Fsp3) is 0.357. The monoisotopic (exact) mass is 275 g/mol. The molecule has 6 nitrogen and oxygen atoms in total. The highest BCUT2D eigenvalue weighted by Gasteiger charge is 2.20. The maximum Gasteiger partial charge on any atom is 0.326 e. The summed E-state index contributed by atoms with van der Waals surface area (Å²) >= 11 is 0. The quantitative estimate of drug-likeness (QED) is 0.766. The zero-order valence-corrected chi connectivity index (χ0v) is 11.4. The molecule has 0 radical (unpaired) electrons. The van der Waals surface area contributed by atoms with E-state index in [-0.39, 0.29) is 5.92 Å². The number of carboxylic acid groups (broad SMARTS) is 1. The predicted octanol–water partition coefficient (Wildman–Crippen LogP) is 2.18. The number of anilines is 1. The summed E-state index contributed by atoms with van der Waals surface area (Å²) in [5.41, 5.74) is 0.856. The zero-order valence-electron chi connectivity index (χ0n) is 11.4. The van der Waals surface area contributed by atoms with Gasteiger partial charge in [0.2, 0.25) is 0 Å². The molecule has 106 valence electrons. The van der Waals surface area contributed by atoms with Crippen molar-refractivity contribution in [2.75, 3.05) is 5.32 Å². The lowest BCUT2D eigenvalue weighted by atomic mass is 10.0. The number of nitrogens with one attached hydrogen (secondary N) is 2. The Kier molecular flexibility index (Phi) is 5.54. The Hall–Kier alpha value is -2.55. The predicted molar refractivity (Wildman–Crippen MR) is 74.2 cm³/mol. The van der Waals surface area contributed by atoms with Crippen molar-refractivity contribution in [1.82, 2.24) is 5.32 Å². The van der Waals surface area contributed by atoms with Crippen molar-refractivity contribution in [3.05, 3.63) is 29.8 Å². The van der Waals surface area contributed by atoms with Gasteiger partial charge >= 0.3 is 12.0 Å². The van der Waals surface area contributed by atoms with Crippen LogP contribution in [0.1, 0.15) is 25.8 Å². The minimum atomic E-state index is -1.07. The lowest BCUT2D eigenvalue weighted by Crippen LogP contribution is -2.43. The summed E-state index contributed by atoms with van der Waals surface area (Å²) in [5.74, 6) is -0.919. The summed E-state index contributed by atoms with van der Waals surface area (Å²) in [5, 5.41) is 22.7. The molecule has 1 aromatic carbocycles. The van der Waals surface area contributed by atoms with Crippen molar-refractivity contribution in [2.45, 2.75) is 26.3 Å². The Labute approximate surface area is 117 Å². The van der Waals surface area contributed by atoms with Gasteiger partial charge in [0.05, 0.1) is 11.6 Å². The first kappa shape index (κ1) is 15.5. The molecule has 0 aliphatic carbocycles. The van der Waals surface area contributed by atoms with E-state index in [9.17, 15) is 9.59 Å². The van der Waals surface area contributed by atoms with Crippen molar-refractivity contribution in [1.29, 1.82) is 5.26 Å². The van der Waals surface area contributed by atoms with E-state index in [2.05, 4.69) is 10.6 Å². The van der Waals surface area contributed by atoms with Crippen molar-refractivity contribution in [2.24, 2.45) is 5.92 Å². The zero-order chi connectivity index (χ0) is 15.1. The molecule has 1 unspecified atom stereocenters. The molecule has 0 aromatic heterocycles.